The minimum absolute atomic E-state index is 0.272. The highest BCUT2D eigenvalue weighted by Crippen LogP contribution is 2.45. The van der Waals surface area contributed by atoms with Crippen molar-refractivity contribution in [1.29, 1.82) is 0 Å². The monoisotopic (exact) mass is 208 g/mol. The van der Waals surface area contributed by atoms with Crippen molar-refractivity contribution >= 4 is 5.97 Å². The molecule has 0 unspecified atom stereocenters. The van der Waals surface area contributed by atoms with Crippen molar-refractivity contribution in [2.75, 3.05) is 0 Å². The highest BCUT2D eigenvalue weighted by Gasteiger charge is 2.36. The molecule has 1 aliphatic carbocycles. The van der Waals surface area contributed by atoms with Crippen LogP contribution >= 0.6 is 0 Å². The van der Waals surface area contributed by atoms with Gasteiger partial charge in [-0.15, -0.1) is 0 Å². The van der Waals surface area contributed by atoms with Crippen LogP contribution in [-0.4, -0.2) is 20.9 Å². The van der Waals surface area contributed by atoms with Gasteiger partial charge in [0.25, 0.3) is 0 Å². The van der Waals surface area contributed by atoms with Gasteiger partial charge in [-0.2, -0.15) is 5.10 Å². The van der Waals surface area contributed by atoms with E-state index in [2.05, 4.69) is 18.9 Å². The van der Waals surface area contributed by atoms with Gasteiger partial charge in [-0.25, -0.2) is 4.79 Å². The van der Waals surface area contributed by atoms with Crippen LogP contribution in [0, 0.1) is 11.3 Å². The highest BCUT2D eigenvalue weighted by molar-refractivity contribution is 5.86. The lowest BCUT2D eigenvalue weighted by molar-refractivity contribution is 0.0694. The van der Waals surface area contributed by atoms with Crippen LogP contribution in [-0.2, 0) is 6.54 Å². The number of nitrogens with zero attached hydrogens (tertiary/aromatic N) is 2. The average molecular weight is 208 g/mol. The summed E-state index contributed by atoms with van der Waals surface area (Å²) in [5.74, 6) is -0.253. The number of carbonyl (C=O) groups is 1. The second-order valence-corrected chi connectivity index (χ2v) is 5.19. The fraction of sp³-hybridized carbons (Fsp3) is 0.636. The predicted octanol–water partition coefficient (Wildman–Crippen LogP) is 2.02. The van der Waals surface area contributed by atoms with Crippen molar-refractivity contribution in [1.82, 2.24) is 9.78 Å². The standard InChI is InChI=1S/C11H16N2O2/c1-11(2)3-8(4-11)6-13-7-9(5-12-13)10(14)15/h5,7-8H,3-4,6H2,1-2H3,(H,14,15). The fourth-order valence-corrected chi connectivity index (χ4v) is 2.47. The Labute approximate surface area is 88.9 Å². The second kappa shape index (κ2) is 3.36. The van der Waals surface area contributed by atoms with Crippen LogP contribution in [0.1, 0.15) is 37.0 Å². The molecular formula is C11H16N2O2. The van der Waals surface area contributed by atoms with E-state index >= 15 is 0 Å². The molecule has 2 rings (SSSR count). The summed E-state index contributed by atoms with van der Waals surface area (Å²) in [4.78, 5) is 10.6. The molecule has 1 heterocycles. The van der Waals surface area contributed by atoms with Crippen molar-refractivity contribution in [3.05, 3.63) is 18.0 Å². The van der Waals surface area contributed by atoms with E-state index in [0.717, 1.165) is 6.54 Å². The Kier molecular flexibility index (Phi) is 2.29. The Morgan fingerprint density at radius 2 is 2.33 bits per heavy atom. The lowest BCUT2D eigenvalue weighted by atomic mass is 9.64. The summed E-state index contributed by atoms with van der Waals surface area (Å²) in [6.45, 7) is 5.36. The molecule has 0 aliphatic heterocycles. The number of carboxylic acid groups (broad SMARTS) is 1. The number of aromatic carboxylic acids is 1. The van der Waals surface area contributed by atoms with Crippen LogP contribution in [0.2, 0.25) is 0 Å². The van der Waals surface area contributed by atoms with Gasteiger partial charge in [-0.05, 0) is 24.2 Å². The molecule has 1 fully saturated rings. The highest BCUT2D eigenvalue weighted by atomic mass is 16.4. The molecule has 1 N–H and O–H groups in total. The van der Waals surface area contributed by atoms with Gasteiger partial charge in [0.1, 0.15) is 0 Å². The molecule has 1 aromatic rings. The SMILES string of the molecule is CC1(C)CC(Cn2cc(C(=O)O)cn2)C1. The lowest BCUT2D eigenvalue weighted by Crippen LogP contribution is -2.34. The maximum absolute atomic E-state index is 10.6. The molecule has 0 atom stereocenters. The molecule has 1 aromatic heterocycles. The van der Waals surface area contributed by atoms with E-state index in [1.165, 1.54) is 19.0 Å². The average Bonchev–Trinajstić information content (AvgIpc) is 2.49. The van der Waals surface area contributed by atoms with Crippen molar-refractivity contribution in [3.63, 3.8) is 0 Å². The fourth-order valence-electron chi connectivity index (χ4n) is 2.47. The normalized spacial score (nSPS) is 19.9. The maximum Gasteiger partial charge on any atom is 0.338 e. The summed E-state index contributed by atoms with van der Waals surface area (Å²) >= 11 is 0. The molecule has 1 saturated carbocycles. The third kappa shape index (κ3) is 2.19. The van der Waals surface area contributed by atoms with Crippen LogP contribution in [0.15, 0.2) is 12.4 Å². The predicted molar refractivity (Wildman–Crippen MR) is 55.7 cm³/mol. The van der Waals surface area contributed by atoms with Crippen LogP contribution < -0.4 is 0 Å². The molecule has 0 aromatic carbocycles. The van der Waals surface area contributed by atoms with E-state index in [1.54, 1.807) is 10.9 Å². The van der Waals surface area contributed by atoms with Crippen molar-refractivity contribution < 1.29 is 9.90 Å². The number of aromatic nitrogens is 2. The number of hydrogen-bond donors (Lipinski definition) is 1. The van der Waals surface area contributed by atoms with Gasteiger partial charge in [0.05, 0.1) is 11.8 Å². The largest absolute Gasteiger partial charge is 0.478 e. The molecule has 82 valence electrons. The van der Waals surface area contributed by atoms with E-state index in [1.807, 2.05) is 0 Å². The summed E-state index contributed by atoms with van der Waals surface area (Å²) in [6.07, 6.45) is 5.42. The van der Waals surface area contributed by atoms with Crippen LogP contribution in [0.5, 0.6) is 0 Å². The van der Waals surface area contributed by atoms with E-state index in [-0.39, 0.29) is 5.56 Å². The minimum Gasteiger partial charge on any atom is -0.478 e. The van der Waals surface area contributed by atoms with Gasteiger partial charge < -0.3 is 5.11 Å². The Hall–Kier alpha value is -1.32. The van der Waals surface area contributed by atoms with Crippen molar-refractivity contribution in [2.24, 2.45) is 11.3 Å². The summed E-state index contributed by atoms with van der Waals surface area (Å²) in [6, 6.07) is 0. The second-order valence-electron chi connectivity index (χ2n) is 5.19. The molecule has 15 heavy (non-hydrogen) atoms. The summed E-state index contributed by atoms with van der Waals surface area (Å²) in [7, 11) is 0. The molecule has 4 heteroatoms. The van der Waals surface area contributed by atoms with Gasteiger partial charge >= 0.3 is 5.97 Å². The van der Waals surface area contributed by atoms with Gasteiger partial charge in [0, 0.05) is 12.7 Å². The lowest BCUT2D eigenvalue weighted by Gasteiger charge is -2.42. The van der Waals surface area contributed by atoms with Gasteiger partial charge in [0.2, 0.25) is 0 Å². The molecule has 0 radical (unpaired) electrons. The molecular weight excluding hydrogens is 192 g/mol. The van der Waals surface area contributed by atoms with E-state index in [9.17, 15) is 4.79 Å². The summed E-state index contributed by atoms with van der Waals surface area (Å²) in [5, 5.41) is 12.8. The van der Waals surface area contributed by atoms with E-state index in [4.69, 9.17) is 5.11 Å². The van der Waals surface area contributed by atoms with Crippen molar-refractivity contribution in [2.45, 2.75) is 33.2 Å². The van der Waals surface area contributed by atoms with Crippen molar-refractivity contribution in [3.8, 4) is 0 Å². The molecule has 0 bridgehead atoms. The van der Waals surface area contributed by atoms with E-state index in [0.29, 0.717) is 11.3 Å². The Morgan fingerprint density at radius 1 is 1.67 bits per heavy atom. The molecule has 0 spiro atoms. The number of rotatable bonds is 3. The Morgan fingerprint density at radius 3 is 2.80 bits per heavy atom. The first-order valence-corrected chi connectivity index (χ1v) is 5.22. The summed E-state index contributed by atoms with van der Waals surface area (Å²) in [5.41, 5.74) is 0.738. The molecule has 0 amide bonds. The first kappa shape index (κ1) is 10.2. The topological polar surface area (TPSA) is 55.1 Å². The van der Waals surface area contributed by atoms with Crippen LogP contribution in [0.4, 0.5) is 0 Å². The summed E-state index contributed by atoms with van der Waals surface area (Å²) < 4.78 is 1.74. The third-order valence-corrected chi connectivity index (χ3v) is 3.01. The molecule has 1 aliphatic rings. The van der Waals surface area contributed by atoms with Gasteiger partial charge in [-0.1, -0.05) is 13.8 Å². The van der Waals surface area contributed by atoms with E-state index < -0.39 is 5.97 Å². The quantitative estimate of drug-likeness (QED) is 0.826. The first-order valence-electron chi connectivity index (χ1n) is 5.22. The van der Waals surface area contributed by atoms with Gasteiger partial charge in [-0.3, -0.25) is 4.68 Å². The maximum atomic E-state index is 10.6. The zero-order valence-corrected chi connectivity index (χ0v) is 9.10. The number of carboxylic acids is 1. The van der Waals surface area contributed by atoms with Gasteiger partial charge in [0.15, 0.2) is 0 Å². The minimum atomic E-state index is -0.907. The van der Waals surface area contributed by atoms with Crippen LogP contribution in [0.3, 0.4) is 0 Å². The third-order valence-electron chi connectivity index (χ3n) is 3.01. The zero-order chi connectivity index (χ0) is 11.1. The first-order chi connectivity index (χ1) is 6.96. The van der Waals surface area contributed by atoms with Crippen LogP contribution in [0.25, 0.3) is 0 Å². The number of hydrogen-bond acceptors (Lipinski definition) is 2. The zero-order valence-electron chi connectivity index (χ0n) is 9.10. The Balaban J connectivity index is 1.92. The molecule has 0 saturated heterocycles. The Bertz CT molecular complexity index is 374. The smallest absolute Gasteiger partial charge is 0.338 e. The molecule has 4 nitrogen and oxygen atoms in total.